The van der Waals surface area contributed by atoms with Crippen LogP contribution in [0.2, 0.25) is 0 Å². The van der Waals surface area contributed by atoms with Gasteiger partial charge in [0.2, 0.25) is 5.91 Å². The minimum atomic E-state index is -3.20. The van der Waals surface area contributed by atoms with Crippen molar-refractivity contribution in [1.82, 2.24) is 5.32 Å². The zero-order valence-corrected chi connectivity index (χ0v) is 16.3. The van der Waals surface area contributed by atoms with Crippen LogP contribution in [0.5, 0.6) is 0 Å². The number of carbonyl (C=O) groups is 1. The Morgan fingerprint density at radius 2 is 1.68 bits per heavy atom. The summed E-state index contributed by atoms with van der Waals surface area (Å²) in [5.74, 6) is 0.702. The molecule has 0 heterocycles. The number of hydrogen-bond acceptors (Lipinski definition) is 4. The molecule has 2 rings (SSSR count). The molecule has 0 bridgehead atoms. The third-order valence-electron chi connectivity index (χ3n) is 3.80. The quantitative estimate of drug-likeness (QED) is 0.746. The Balaban J connectivity index is 1.82. The second kappa shape index (κ2) is 8.54. The predicted molar refractivity (Wildman–Crippen MR) is 103 cm³/mol. The summed E-state index contributed by atoms with van der Waals surface area (Å²) >= 11 is 1.66. The summed E-state index contributed by atoms with van der Waals surface area (Å²) in [7, 11) is -3.20. The van der Waals surface area contributed by atoms with Crippen LogP contribution in [0.1, 0.15) is 30.5 Å². The van der Waals surface area contributed by atoms with Gasteiger partial charge in [0.25, 0.3) is 0 Å². The zero-order chi connectivity index (χ0) is 18.4. The van der Waals surface area contributed by atoms with Crippen molar-refractivity contribution in [2.75, 3.05) is 12.0 Å². The van der Waals surface area contributed by atoms with Gasteiger partial charge in [-0.05, 0) is 43.7 Å². The highest BCUT2D eigenvalue weighted by molar-refractivity contribution is 7.99. The number of benzene rings is 2. The van der Waals surface area contributed by atoms with Crippen LogP contribution in [0.3, 0.4) is 0 Å². The number of sulfone groups is 1. The van der Waals surface area contributed by atoms with Crippen molar-refractivity contribution in [3.63, 3.8) is 0 Å². The number of thioether (sulfide) groups is 1. The van der Waals surface area contributed by atoms with E-state index in [0.717, 1.165) is 10.5 Å². The smallest absolute Gasteiger partial charge is 0.221 e. The van der Waals surface area contributed by atoms with E-state index in [4.69, 9.17) is 0 Å². The van der Waals surface area contributed by atoms with E-state index < -0.39 is 9.84 Å². The summed E-state index contributed by atoms with van der Waals surface area (Å²) in [5.41, 5.74) is 2.10. The molecule has 2 aromatic rings. The number of nitrogens with one attached hydrogen (secondary N) is 1. The Hall–Kier alpha value is -1.79. The van der Waals surface area contributed by atoms with Crippen LogP contribution < -0.4 is 5.32 Å². The van der Waals surface area contributed by atoms with E-state index in [1.807, 2.05) is 13.8 Å². The van der Waals surface area contributed by atoms with Crippen molar-refractivity contribution >= 4 is 27.5 Å². The molecule has 1 amide bonds. The van der Waals surface area contributed by atoms with Crippen molar-refractivity contribution in [1.29, 1.82) is 0 Å². The Labute approximate surface area is 154 Å². The Morgan fingerprint density at radius 1 is 1.08 bits per heavy atom. The molecule has 0 spiro atoms. The molecule has 1 atom stereocenters. The molecule has 0 aliphatic rings. The fourth-order valence-corrected chi connectivity index (χ4v) is 3.78. The molecule has 0 aliphatic carbocycles. The summed E-state index contributed by atoms with van der Waals surface area (Å²) in [6.07, 6.45) is 1.61. The number of hydrogen-bond donors (Lipinski definition) is 1. The highest BCUT2D eigenvalue weighted by Gasteiger charge is 2.12. The summed E-state index contributed by atoms with van der Waals surface area (Å²) in [6.45, 7) is 3.94. The molecule has 2 aromatic carbocycles. The van der Waals surface area contributed by atoms with E-state index >= 15 is 0 Å². The maximum absolute atomic E-state index is 12.1. The standard InChI is InChI=1S/C19H23NO3S2/c1-14-4-8-17(9-5-14)24-13-12-19(21)20-15(2)16-6-10-18(11-7-16)25(3,22)23/h4-11,15H,12-13H2,1-3H3,(H,20,21)/t15-/m0/s1. The van der Waals surface area contributed by atoms with E-state index in [1.54, 1.807) is 36.0 Å². The van der Waals surface area contributed by atoms with Gasteiger partial charge in [-0.25, -0.2) is 8.42 Å². The van der Waals surface area contributed by atoms with Gasteiger partial charge < -0.3 is 5.32 Å². The van der Waals surface area contributed by atoms with Gasteiger partial charge in [-0.3, -0.25) is 4.79 Å². The third kappa shape index (κ3) is 6.21. The van der Waals surface area contributed by atoms with E-state index in [9.17, 15) is 13.2 Å². The van der Waals surface area contributed by atoms with Crippen molar-refractivity contribution in [3.05, 3.63) is 59.7 Å². The zero-order valence-electron chi connectivity index (χ0n) is 14.7. The molecule has 0 radical (unpaired) electrons. The first-order chi connectivity index (χ1) is 11.8. The van der Waals surface area contributed by atoms with Crippen molar-refractivity contribution in [2.45, 2.75) is 36.1 Å². The van der Waals surface area contributed by atoms with E-state index in [1.165, 1.54) is 11.8 Å². The molecule has 0 saturated heterocycles. The molecule has 25 heavy (non-hydrogen) atoms. The molecular formula is C19H23NO3S2. The number of rotatable bonds is 7. The lowest BCUT2D eigenvalue weighted by Gasteiger charge is -2.14. The fourth-order valence-electron chi connectivity index (χ4n) is 2.30. The molecule has 134 valence electrons. The van der Waals surface area contributed by atoms with Crippen LogP contribution in [0.15, 0.2) is 58.3 Å². The van der Waals surface area contributed by atoms with Gasteiger partial charge in [0.15, 0.2) is 9.84 Å². The SMILES string of the molecule is Cc1ccc(SCCC(=O)N[C@@H](C)c2ccc(S(C)(=O)=O)cc2)cc1. The molecule has 0 aromatic heterocycles. The van der Waals surface area contributed by atoms with Crippen LogP contribution in [-0.2, 0) is 14.6 Å². The summed E-state index contributed by atoms with van der Waals surface area (Å²) < 4.78 is 22.9. The van der Waals surface area contributed by atoms with Gasteiger partial charge in [0.1, 0.15) is 0 Å². The molecule has 0 aliphatic heterocycles. The first-order valence-corrected chi connectivity index (χ1v) is 10.9. The Bertz CT molecular complexity index is 813. The van der Waals surface area contributed by atoms with Crippen molar-refractivity contribution in [3.8, 4) is 0 Å². The molecule has 0 fully saturated rings. The van der Waals surface area contributed by atoms with Crippen LogP contribution in [-0.4, -0.2) is 26.3 Å². The lowest BCUT2D eigenvalue weighted by Crippen LogP contribution is -2.26. The topological polar surface area (TPSA) is 63.2 Å². The average Bonchev–Trinajstić information content (AvgIpc) is 2.56. The van der Waals surface area contributed by atoms with E-state index in [-0.39, 0.29) is 16.8 Å². The van der Waals surface area contributed by atoms with Crippen LogP contribution in [0.25, 0.3) is 0 Å². The number of carbonyl (C=O) groups excluding carboxylic acids is 1. The second-order valence-electron chi connectivity index (χ2n) is 6.04. The van der Waals surface area contributed by atoms with Gasteiger partial charge in [-0.2, -0.15) is 0 Å². The maximum atomic E-state index is 12.1. The lowest BCUT2D eigenvalue weighted by molar-refractivity contribution is -0.121. The minimum Gasteiger partial charge on any atom is -0.350 e. The van der Waals surface area contributed by atoms with E-state index in [2.05, 4.69) is 29.6 Å². The average molecular weight is 378 g/mol. The minimum absolute atomic E-state index is 0.0145. The lowest BCUT2D eigenvalue weighted by atomic mass is 10.1. The molecule has 0 saturated carbocycles. The number of aryl methyl sites for hydroxylation is 1. The summed E-state index contributed by atoms with van der Waals surface area (Å²) in [5, 5.41) is 2.95. The van der Waals surface area contributed by atoms with Crippen molar-refractivity contribution in [2.24, 2.45) is 0 Å². The van der Waals surface area contributed by atoms with Gasteiger partial charge >= 0.3 is 0 Å². The van der Waals surface area contributed by atoms with Crippen LogP contribution >= 0.6 is 11.8 Å². The first kappa shape index (κ1) is 19.5. The normalized spacial score (nSPS) is 12.6. The third-order valence-corrected chi connectivity index (χ3v) is 5.95. The Kier molecular flexibility index (Phi) is 6.67. The monoisotopic (exact) mass is 377 g/mol. The van der Waals surface area contributed by atoms with Gasteiger partial charge in [-0.1, -0.05) is 29.8 Å². The maximum Gasteiger partial charge on any atom is 0.221 e. The predicted octanol–water partition coefficient (Wildman–Crippen LogP) is 3.76. The van der Waals surface area contributed by atoms with Gasteiger partial charge in [0, 0.05) is 23.3 Å². The highest BCUT2D eigenvalue weighted by atomic mass is 32.2. The molecule has 4 nitrogen and oxygen atoms in total. The largest absolute Gasteiger partial charge is 0.350 e. The summed E-state index contributed by atoms with van der Waals surface area (Å²) in [6, 6.07) is 14.7. The first-order valence-electron chi connectivity index (χ1n) is 8.04. The van der Waals surface area contributed by atoms with Crippen LogP contribution in [0.4, 0.5) is 0 Å². The Morgan fingerprint density at radius 3 is 2.24 bits per heavy atom. The molecular weight excluding hydrogens is 354 g/mol. The number of amides is 1. The molecule has 1 N–H and O–H groups in total. The highest BCUT2D eigenvalue weighted by Crippen LogP contribution is 2.20. The summed E-state index contributed by atoms with van der Waals surface area (Å²) in [4.78, 5) is 13.5. The van der Waals surface area contributed by atoms with Crippen molar-refractivity contribution < 1.29 is 13.2 Å². The second-order valence-corrected chi connectivity index (χ2v) is 9.23. The van der Waals surface area contributed by atoms with Crippen LogP contribution in [0, 0.1) is 6.92 Å². The van der Waals surface area contributed by atoms with E-state index in [0.29, 0.717) is 12.2 Å². The van der Waals surface area contributed by atoms with Gasteiger partial charge in [0.05, 0.1) is 10.9 Å². The molecule has 0 unspecified atom stereocenters. The molecule has 6 heteroatoms. The van der Waals surface area contributed by atoms with Gasteiger partial charge in [-0.15, -0.1) is 11.8 Å². The fraction of sp³-hybridized carbons (Fsp3) is 0.316.